The summed E-state index contributed by atoms with van der Waals surface area (Å²) in [5.41, 5.74) is 1.55. The summed E-state index contributed by atoms with van der Waals surface area (Å²) in [4.78, 5) is 25.8. The molecule has 0 fully saturated rings. The van der Waals surface area contributed by atoms with Gasteiger partial charge in [0.15, 0.2) is 0 Å². The minimum Gasteiger partial charge on any atom is -0.269 e. The van der Waals surface area contributed by atoms with E-state index in [1.54, 1.807) is 0 Å². The van der Waals surface area contributed by atoms with Gasteiger partial charge in [0.1, 0.15) is 11.1 Å². The van der Waals surface area contributed by atoms with E-state index in [0.29, 0.717) is 16.5 Å². The molecule has 4 nitrogen and oxygen atoms in total. The van der Waals surface area contributed by atoms with Crippen LogP contribution in [0.25, 0.3) is 0 Å². The molecular formula is C14H12N2O2S. The molecule has 0 bridgehead atoms. The summed E-state index contributed by atoms with van der Waals surface area (Å²) in [6.45, 7) is 2.18. The number of hydrogen-bond acceptors (Lipinski definition) is 4. The van der Waals surface area contributed by atoms with Gasteiger partial charge in [-0.3, -0.25) is 9.59 Å². The van der Waals surface area contributed by atoms with Gasteiger partial charge in [0.05, 0.1) is 5.56 Å². The smallest absolute Gasteiger partial charge is 0.258 e. The Labute approximate surface area is 114 Å². The Bertz CT molecular complexity index is 633. The predicted molar refractivity (Wildman–Crippen MR) is 71.9 cm³/mol. The number of fused-ring (bicyclic) bond motifs is 1. The van der Waals surface area contributed by atoms with Gasteiger partial charge >= 0.3 is 0 Å². The van der Waals surface area contributed by atoms with Crippen molar-refractivity contribution in [3.63, 3.8) is 0 Å². The molecule has 3 rings (SSSR count). The number of imide groups is 1. The number of carbonyl (C=O) groups excluding carboxylic acids is 2. The minimum atomic E-state index is -0.354. The SMILES string of the molecule is CC1CCc2c(sc(N3C(=O)C=CC3=O)c2C#N)C1. The van der Waals surface area contributed by atoms with Crippen molar-refractivity contribution in [1.82, 2.24) is 0 Å². The molecule has 1 atom stereocenters. The van der Waals surface area contributed by atoms with Gasteiger partial charge in [0, 0.05) is 17.0 Å². The average molecular weight is 272 g/mol. The van der Waals surface area contributed by atoms with E-state index in [2.05, 4.69) is 13.0 Å². The van der Waals surface area contributed by atoms with Crippen LogP contribution in [0.2, 0.25) is 0 Å². The normalized spacial score (nSPS) is 21.7. The third-order valence-electron chi connectivity index (χ3n) is 3.62. The molecule has 0 aromatic carbocycles. The molecule has 2 heterocycles. The van der Waals surface area contributed by atoms with Crippen LogP contribution in [0.1, 0.15) is 29.3 Å². The molecule has 0 saturated carbocycles. The lowest BCUT2D eigenvalue weighted by atomic mass is 9.88. The van der Waals surface area contributed by atoms with Crippen LogP contribution < -0.4 is 4.90 Å². The van der Waals surface area contributed by atoms with Crippen molar-refractivity contribution in [2.45, 2.75) is 26.2 Å². The summed E-state index contributed by atoms with van der Waals surface area (Å²) in [5.74, 6) is -0.116. The largest absolute Gasteiger partial charge is 0.269 e. The molecule has 2 amide bonds. The zero-order chi connectivity index (χ0) is 13.6. The van der Waals surface area contributed by atoms with Crippen LogP contribution in [0.3, 0.4) is 0 Å². The molecule has 5 heteroatoms. The average Bonchev–Trinajstić information content (AvgIpc) is 2.88. The Balaban J connectivity index is 2.11. The van der Waals surface area contributed by atoms with Crippen molar-refractivity contribution in [3.8, 4) is 6.07 Å². The second-order valence-corrected chi connectivity index (χ2v) is 6.07. The molecule has 0 radical (unpaired) electrons. The number of carbonyl (C=O) groups is 2. The van der Waals surface area contributed by atoms with Crippen molar-refractivity contribution in [3.05, 3.63) is 28.2 Å². The molecule has 19 heavy (non-hydrogen) atoms. The Morgan fingerprint density at radius 1 is 1.37 bits per heavy atom. The Morgan fingerprint density at radius 2 is 2.05 bits per heavy atom. The standard InChI is InChI=1S/C14H12N2O2S/c1-8-2-3-9-10(7-15)14(19-11(9)6-8)16-12(17)4-5-13(16)18/h4-5,8H,2-3,6H2,1H3. The van der Waals surface area contributed by atoms with Crippen LogP contribution >= 0.6 is 11.3 Å². The van der Waals surface area contributed by atoms with Gasteiger partial charge in [0.2, 0.25) is 0 Å². The Hall–Kier alpha value is -1.93. The first kappa shape index (κ1) is 12.1. The van der Waals surface area contributed by atoms with Gasteiger partial charge in [-0.2, -0.15) is 5.26 Å². The Morgan fingerprint density at radius 3 is 2.68 bits per heavy atom. The van der Waals surface area contributed by atoms with Crippen molar-refractivity contribution in [2.24, 2.45) is 5.92 Å². The molecular weight excluding hydrogens is 260 g/mol. The van der Waals surface area contributed by atoms with Crippen LogP contribution in [-0.4, -0.2) is 11.8 Å². The van der Waals surface area contributed by atoms with E-state index in [0.717, 1.165) is 34.6 Å². The van der Waals surface area contributed by atoms with Gasteiger partial charge in [-0.15, -0.1) is 11.3 Å². The summed E-state index contributed by atoms with van der Waals surface area (Å²) in [6.07, 6.45) is 5.35. The predicted octanol–water partition coefficient (Wildman–Crippen LogP) is 2.17. The van der Waals surface area contributed by atoms with Crippen molar-refractivity contribution < 1.29 is 9.59 Å². The van der Waals surface area contributed by atoms with Crippen molar-refractivity contribution >= 4 is 28.2 Å². The van der Waals surface area contributed by atoms with Crippen molar-refractivity contribution in [1.29, 1.82) is 5.26 Å². The number of amides is 2. The third kappa shape index (κ3) is 1.80. The van der Waals surface area contributed by atoms with Crippen LogP contribution in [0, 0.1) is 17.2 Å². The fraction of sp³-hybridized carbons (Fsp3) is 0.357. The summed E-state index contributed by atoms with van der Waals surface area (Å²) in [6, 6.07) is 2.17. The van der Waals surface area contributed by atoms with E-state index in [1.807, 2.05) is 0 Å². The van der Waals surface area contributed by atoms with Crippen molar-refractivity contribution in [2.75, 3.05) is 4.90 Å². The van der Waals surface area contributed by atoms with E-state index >= 15 is 0 Å². The maximum absolute atomic E-state index is 11.7. The molecule has 1 aliphatic heterocycles. The lowest BCUT2D eigenvalue weighted by Gasteiger charge is -2.17. The number of nitrogens with zero attached hydrogens (tertiary/aromatic N) is 2. The quantitative estimate of drug-likeness (QED) is 0.736. The fourth-order valence-electron chi connectivity index (χ4n) is 2.61. The monoisotopic (exact) mass is 272 g/mol. The number of hydrogen-bond donors (Lipinski definition) is 0. The molecule has 2 aliphatic rings. The molecule has 1 aromatic rings. The summed E-state index contributed by atoms with van der Waals surface area (Å²) < 4.78 is 0. The Kier molecular flexibility index (Phi) is 2.76. The third-order valence-corrected chi connectivity index (χ3v) is 4.86. The molecule has 96 valence electrons. The summed E-state index contributed by atoms with van der Waals surface area (Å²) in [7, 11) is 0. The van der Waals surface area contributed by atoms with Gasteiger partial charge in [-0.05, 0) is 30.7 Å². The molecule has 1 aliphatic carbocycles. The lowest BCUT2D eigenvalue weighted by molar-refractivity contribution is -0.119. The maximum Gasteiger partial charge on any atom is 0.258 e. The molecule has 0 spiro atoms. The van der Waals surface area contributed by atoms with Gasteiger partial charge in [-0.1, -0.05) is 6.92 Å². The first-order chi connectivity index (χ1) is 9.11. The molecule has 1 unspecified atom stereocenters. The zero-order valence-corrected chi connectivity index (χ0v) is 11.3. The highest BCUT2D eigenvalue weighted by Gasteiger charge is 2.33. The van der Waals surface area contributed by atoms with E-state index in [-0.39, 0.29) is 11.8 Å². The van der Waals surface area contributed by atoms with E-state index in [4.69, 9.17) is 0 Å². The molecule has 0 saturated heterocycles. The van der Waals surface area contributed by atoms with Crippen LogP contribution in [0.4, 0.5) is 5.00 Å². The molecule has 1 aromatic heterocycles. The van der Waals surface area contributed by atoms with Gasteiger partial charge in [0.25, 0.3) is 11.8 Å². The lowest BCUT2D eigenvalue weighted by Crippen LogP contribution is -2.29. The number of anilines is 1. The van der Waals surface area contributed by atoms with Crippen LogP contribution in [0.15, 0.2) is 12.2 Å². The van der Waals surface area contributed by atoms with Crippen LogP contribution in [0.5, 0.6) is 0 Å². The van der Waals surface area contributed by atoms with Gasteiger partial charge < -0.3 is 0 Å². The van der Waals surface area contributed by atoms with E-state index < -0.39 is 0 Å². The van der Waals surface area contributed by atoms with Crippen LogP contribution in [-0.2, 0) is 22.4 Å². The fourth-order valence-corrected chi connectivity index (χ4v) is 4.08. The highest BCUT2D eigenvalue weighted by atomic mass is 32.1. The van der Waals surface area contributed by atoms with E-state index in [1.165, 1.54) is 23.5 Å². The highest BCUT2D eigenvalue weighted by molar-refractivity contribution is 7.17. The number of thiophene rings is 1. The van der Waals surface area contributed by atoms with E-state index in [9.17, 15) is 14.9 Å². The molecule has 0 N–H and O–H groups in total. The second-order valence-electron chi connectivity index (χ2n) is 4.99. The minimum absolute atomic E-state index is 0.354. The summed E-state index contributed by atoms with van der Waals surface area (Å²) in [5, 5.41) is 9.85. The maximum atomic E-state index is 11.7. The second kappa shape index (κ2) is 4.32. The highest BCUT2D eigenvalue weighted by Crippen LogP contribution is 2.41. The topological polar surface area (TPSA) is 61.2 Å². The van der Waals surface area contributed by atoms with Gasteiger partial charge in [-0.25, -0.2) is 4.90 Å². The first-order valence-corrected chi connectivity index (χ1v) is 7.04. The first-order valence-electron chi connectivity index (χ1n) is 6.22. The zero-order valence-electron chi connectivity index (χ0n) is 10.5. The number of nitriles is 1. The summed E-state index contributed by atoms with van der Waals surface area (Å²) >= 11 is 1.42. The number of rotatable bonds is 1.